The van der Waals surface area contributed by atoms with E-state index in [4.69, 9.17) is 4.74 Å². The van der Waals surface area contributed by atoms with E-state index in [1.807, 2.05) is 43.3 Å². The van der Waals surface area contributed by atoms with Gasteiger partial charge in [0, 0.05) is 11.1 Å². The monoisotopic (exact) mass is 255 g/mol. The smallest absolute Gasteiger partial charge is 0.167 e. The highest BCUT2D eigenvalue weighted by Gasteiger charge is 2.28. The number of nitrogens with zero attached hydrogens (tertiary/aromatic N) is 1. The van der Waals surface area contributed by atoms with Crippen LogP contribution in [0.15, 0.2) is 36.4 Å². The largest absolute Gasteiger partial charge is 0.367 e. The Bertz CT molecular complexity index is 608. The lowest BCUT2D eigenvalue weighted by Gasteiger charge is -2.09. The molecule has 1 fully saturated rings. The zero-order valence-corrected chi connectivity index (χ0v) is 11.0. The predicted octanol–water partition coefficient (Wildman–Crippen LogP) is 2.91. The Kier molecular flexibility index (Phi) is 3.30. The number of aromatic nitrogens is 1. The van der Waals surface area contributed by atoms with Crippen LogP contribution in [0.25, 0.3) is 10.9 Å². The molecule has 98 valence electrons. The van der Waals surface area contributed by atoms with Crippen LogP contribution in [0, 0.1) is 0 Å². The van der Waals surface area contributed by atoms with E-state index in [2.05, 4.69) is 4.98 Å². The van der Waals surface area contributed by atoms with Gasteiger partial charge in [0.2, 0.25) is 0 Å². The lowest BCUT2D eigenvalue weighted by atomic mass is 10.1. The van der Waals surface area contributed by atoms with E-state index in [1.165, 1.54) is 0 Å². The van der Waals surface area contributed by atoms with Crippen molar-refractivity contribution < 1.29 is 9.53 Å². The molecule has 1 aromatic heterocycles. The summed E-state index contributed by atoms with van der Waals surface area (Å²) in [6.45, 7) is 2.02. The number of fused-ring (bicyclic) bond motifs is 1. The zero-order chi connectivity index (χ0) is 13.2. The van der Waals surface area contributed by atoms with E-state index in [0.717, 1.165) is 29.4 Å². The van der Waals surface area contributed by atoms with Crippen molar-refractivity contribution in [3.63, 3.8) is 0 Å². The van der Waals surface area contributed by atoms with Crippen molar-refractivity contribution in [3.8, 4) is 0 Å². The third-order valence-corrected chi connectivity index (χ3v) is 3.60. The standard InChI is InChI=1S/C16H17NO2/c1-11-6-9-16(19-11)15(18)10-13-8-7-12-4-2-3-5-14(12)17-13/h2-5,7-8,11,16H,6,9-10H2,1H3. The Labute approximate surface area is 112 Å². The van der Waals surface area contributed by atoms with Crippen LogP contribution in [0.2, 0.25) is 0 Å². The first-order valence-corrected chi connectivity index (χ1v) is 6.75. The molecule has 1 saturated heterocycles. The van der Waals surface area contributed by atoms with Gasteiger partial charge < -0.3 is 4.74 Å². The molecule has 3 nitrogen and oxygen atoms in total. The predicted molar refractivity (Wildman–Crippen MR) is 74.0 cm³/mol. The van der Waals surface area contributed by atoms with Crippen LogP contribution in [0.4, 0.5) is 0 Å². The minimum absolute atomic E-state index is 0.145. The molecule has 0 spiro atoms. The molecule has 2 unspecified atom stereocenters. The van der Waals surface area contributed by atoms with Gasteiger partial charge in [-0.1, -0.05) is 24.3 Å². The normalized spacial score (nSPS) is 22.8. The molecule has 2 atom stereocenters. The molecule has 0 amide bonds. The number of rotatable bonds is 3. The average molecular weight is 255 g/mol. The van der Waals surface area contributed by atoms with Gasteiger partial charge in [-0.15, -0.1) is 0 Å². The lowest BCUT2D eigenvalue weighted by Crippen LogP contribution is -2.22. The number of Topliss-reactive ketones (excluding diaryl/α,β-unsaturated/α-hetero) is 1. The molecular formula is C16H17NO2. The van der Waals surface area contributed by atoms with Crippen molar-refractivity contribution in [3.05, 3.63) is 42.1 Å². The fourth-order valence-electron chi connectivity index (χ4n) is 2.54. The molecule has 1 aromatic carbocycles. The Morgan fingerprint density at radius 2 is 2.11 bits per heavy atom. The van der Waals surface area contributed by atoms with Gasteiger partial charge >= 0.3 is 0 Å². The molecule has 19 heavy (non-hydrogen) atoms. The van der Waals surface area contributed by atoms with Crippen molar-refractivity contribution in [1.82, 2.24) is 4.98 Å². The second kappa shape index (κ2) is 5.10. The van der Waals surface area contributed by atoms with E-state index < -0.39 is 0 Å². The van der Waals surface area contributed by atoms with Gasteiger partial charge in [0.1, 0.15) is 6.10 Å². The van der Waals surface area contributed by atoms with E-state index in [0.29, 0.717) is 6.42 Å². The topological polar surface area (TPSA) is 39.2 Å². The number of pyridine rings is 1. The maximum atomic E-state index is 12.1. The van der Waals surface area contributed by atoms with Crippen molar-refractivity contribution in [1.29, 1.82) is 0 Å². The van der Waals surface area contributed by atoms with Crippen molar-refractivity contribution in [2.45, 2.75) is 38.4 Å². The highest BCUT2D eigenvalue weighted by molar-refractivity contribution is 5.86. The number of hydrogen-bond acceptors (Lipinski definition) is 3. The summed E-state index contributed by atoms with van der Waals surface area (Å²) in [5.74, 6) is 0.145. The molecule has 1 aliphatic heterocycles. The minimum atomic E-state index is -0.233. The molecular weight excluding hydrogens is 238 g/mol. The van der Waals surface area contributed by atoms with Gasteiger partial charge in [0.25, 0.3) is 0 Å². The molecule has 0 radical (unpaired) electrons. The molecule has 3 heteroatoms. The van der Waals surface area contributed by atoms with E-state index in [-0.39, 0.29) is 18.0 Å². The number of para-hydroxylation sites is 1. The second-order valence-electron chi connectivity index (χ2n) is 5.15. The molecule has 0 aliphatic carbocycles. The summed E-state index contributed by atoms with van der Waals surface area (Å²) in [5.41, 5.74) is 1.76. The fraction of sp³-hybridized carbons (Fsp3) is 0.375. The third-order valence-electron chi connectivity index (χ3n) is 3.60. The van der Waals surface area contributed by atoms with Crippen LogP contribution in [0.5, 0.6) is 0 Å². The highest BCUT2D eigenvalue weighted by Crippen LogP contribution is 2.21. The minimum Gasteiger partial charge on any atom is -0.367 e. The van der Waals surface area contributed by atoms with Gasteiger partial charge in [0.15, 0.2) is 5.78 Å². The van der Waals surface area contributed by atoms with Crippen molar-refractivity contribution in [2.75, 3.05) is 0 Å². The Hall–Kier alpha value is -1.74. The van der Waals surface area contributed by atoms with Crippen LogP contribution in [0.3, 0.4) is 0 Å². The Morgan fingerprint density at radius 1 is 1.26 bits per heavy atom. The van der Waals surface area contributed by atoms with E-state index in [1.54, 1.807) is 0 Å². The van der Waals surface area contributed by atoms with Gasteiger partial charge in [-0.3, -0.25) is 9.78 Å². The summed E-state index contributed by atoms with van der Waals surface area (Å²) in [5, 5.41) is 1.10. The average Bonchev–Trinajstić information content (AvgIpc) is 2.85. The third kappa shape index (κ3) is 2.66. The Balaban J connectivity index is 1.76. The Morgan fingerprint density at radius 3 is 2.89 bits per heavy atom. The number of ketones is 1. The molecule has 1 aliphatic rings. The van der Waals surface area contributed by atoms with Crippen molar-refractivity contribution >= 4 is 16.7 Å². The summed E-state index contributed by atoms with van der Waals surface area (Å²) >= 11 is 0. The number of ether oxygens (including phenoxy) is 1. The van der Waals surface area contributed by atoms with Crippen molar-refractivity contribution in [2.24, 2.45) is 0 Å². The summed E-state index contributed by atoms with van der Waals surface area (Å²) in [6, 6.07) is 11.9. The quantitative estimate of drug-likeness (QED) is 0.846. The maximum Gasteiger partial charge on any atom is 0.167 e. The highest BCUT2D eigenvalue weighted by atomic mass is 16.5. The van der Waals surface area contributed by atoms with Gasteiger partial charge in [-0.25, -0.2) is 0 Å². The number of carbonyl (C=O) groups excluding carboxylic acids is 1. The van der Waals surface area contributed by atoms with E-state index >= 15 is 0 Å². The fourth-order valence-corrected chi connectivity index (χ4v) is 2.54. The molecule has 0 N–H and O–H groups in total. The number of carbonyl (C=O) groups is 1. The first kappa shape index (κ1) is 12.3. The van der Waals surface area contributed by atoms with Gasteiger partial charge in [-0.05, 0) is 31.9 Å². The first-order chi connectivity index (χ1) is 9.22. The maximum absolute atomic E-state index is 12.1. The SMILES string of the molecule is CC1CCC(C(=O)Cc2ccc3ccccc3n2)O1. The summed E-state index contributed by atoms with van der Waals surface area (Å²) in [7, 11) is 0. The zero-order valence-electron chi connectivity index (χ0n) is 11.0. The lowest BCUT2D eigenvalue weighted by molar-refractivity contribution is -0.128. The van der Waals surface area contributed by atoms with Crippen LogP contribution in [-0.2, 0) is 16.0 Å². The number of hydrogen-bond donors (Lipinski definition) is 0. The molecule has 3 rings (SSSR count). The van der Waals surface area contributed by atoms with Crippen LogP contribution < -0.4 is 0 Å². The molecule has 2 heterocycles. The molecule has 0 bridgehead atoms. The second-order valence-corrected chi connectivity index (χ2v) is 5.15. The summed E-state index contributed by atoms with van der Waals surface area (Å²) < 4.78 is 5.61. The van der Waals surface area contributed by atoms with Crippen LogP contribution in [-0.4, -0.2) is 23.0 Å². The molecule has 0 saturated carbocycles. The van der Waals surface area contributed by atoms with Crippen LogP contribution in [0.1, 0.15) is 25.5 Å². The summed E-state index contributed by atoms with van der Waals surface area (Å²) in [6.07, 6.45) is 2.15. The van der Waals surface area contributed by atoms with Gasteiger partial charge in [-0.2, -0.15) is 0 Å². The van der Waals surface area contributed by atoms with Crippen LogP contribution >= 0.6 is 0 Å². The first-order valence-electron chi connectivity index (χ1n) is 6.75. The van der Waals surface area contributed by atoms with E-state index in [9.17, 15) is 4.79 Å². The summed E-state index contributed by atoms with van der Waals surface area (Å²) in [4.78, 5) is 16.7. The van der Waals surface area contributed by atoms with Gasteiger partial charge in [0.05, 0.1) is 18.0 Å². The molecule has 2 aromatic rings. The number of benzene rings is 1.